The first-order valence-electron chi connectivity index (χ1n) is 6.90. The van der Waals surface area contributed by atoms with Crippen LogP contribution in [0.15, 0.2) is 24.3 Å². The summed E-state index contributed by atoms with van der Waals surface area (Å²) in [5.74, 6) is 0. The first-order chi connectivity index (χ1) is 8.68. The monoisotopic (exact) mass is 247 g/mol. The Hall–Kier alpha value is -1.06. The van der Waals surface area contributed by atoms with Crippen LogP contribution in [0, 0.1) is 6.92 Å². The minimum absolute atomic E-state index is 0.608. The molecule has 0 amide bonds. The van der Waals surface area contributed by atoms with Gasteiger partial charge in [-0.1, -0.05) is 18.2 Å². The standard InChI is InChI=1S/C15H25N3/c1-13-6-4-5-7-15(13)17(3)12-14(2)18-10-8-16-9-11-18/h4-7,14,16H,8-12H2,1-3H3. The molecule has 18 heavy (non-hydrogen) atoms. The molecule has 1 unspecified atom stereocenters. The van der Waals surface area contributed by atoms with Crippen LogP contribution in [0.25, 0.3) is 0 Å². The van der Waals surface area contributed by atoms with E-state index in [4.69, 9.17) is 0 Å². The van der Waals surface area contributed by atoms with E-state index in [0.717, 1.165) is 19.6 Å². The molecule has 1 atom stereocenters. The number of aryl methyl sites for hydroxylation is 1. The lowest BCUT2D eigenvalue weighted by Crippen LogP contribution is -2.50. The van der Waals surface area contributed by atoms with Crippen molar-refractivity contribution in [1.82, 2.24) is 10.2 Å². The summed E-state index contributed by atoms with van der Waals surface area (Å²) >= 11 is 0. The van der Waals surface area contributed by atoms with Gasteiger partial charge in [-0.3, -0.25) is 4.90 Å². The second kappa shape index (κ2) is 6.21. The Morgan fingerprint density at radius 1 is 1.28 bits per heavy atom. The number of hydrogen-bond acceptors (Lipinski definition) is 3. The van der Waals surface area contributed by atoms with Gasteiger partial charge in [0.25, 0.3) is 0 Å². The number of piperazine rings is 1. The van der Waals surface area contributed by atoms with Gasteiger partial charge in [-0.25, -0.2) is 0 Å². The highest BCUT2D eigenvalue weighted by Gasteiger charge is 2.18. The van der Waals surface area contributed by atoms with Gasteiger partial charge in [-0.2, -0.15) is 0 Å². The third kappa shape index (κ3) is 3.24. The largest absolute Gasteiger partial charge is 0.373 e. The van der Waals surface area contributed by atoms with E-state index in [1.807, 2.05) is 0 Å². The Morgan fingerprint density at radius 2 is 1.94 bits per heavy atom. The highest BCUT2D eigenvalue weighted by Crippen LogP contribution is 2.18. The molecule has 3 nitrogen and oxygen atoms in total. The van der Waals surface area contributed by atoms with Crippen molar-refractivity contribution in [2.24, 2.45) is 0 Å². The van der Waals surface area contributed by atoms with Crippen LogP contribution in [0.5, 0.6) is 0 Å². The third-order valence-electron chi connectivity index (χ3n) is 3.84. The maximum absolute atomic E-state index is 3.41. The van der Waals surface area contributed by atoms with Gasteiger partial charge in [0, 0.05) is 51.5 Å². The van der Waals surface area contributed by atoms with Crippen LogP contribution in [0.4, 0.5) is 5.69 Å². The molecular weight excluding hydrogens is 222 g/mol. The summed E-state index contributed by atoms with van der Waals surface area (Å²) in [6.45, 7) is 10.2. The van der Waals surface area contributed by atoms with Gasteiger partial charge >= 0.3 is 0 Å². The maximum Gasteiger partial charge on any atom is 0.0393 e. The molecule has 1 aromatic carbocycles. The highest BCUT2D eigenvalue weighted by molar-refractivity contribution is 5.52. The van der Waals surface area contributed by atoms with Crippen LogP contribution in [0.1, 0.15) is 12.5 Å². The molecule has 2 rings (SSSR count). The summed E-state index contributed by atoms with van der Waals surface area (Å²) in [5, 5.41) is 3.41. The van der Waals surface area contributed by atoms with E-state index >= 15 is 0 Å². The molecule has 1 aromatic rings. The van der Waals surface area contributed by atoms with E-state index in [-0.39, 0.29) is 0 Å². The molecule has 1 saturated heterocycles. The van der Waals surface area contributed by atoms with Crippen LogP contribution in [-0.2, 0) is 0 Å². The molecule has 0 aliphatic carbocycles. The average molecular weight is 247 g/mol. The number of para-hydroxylation sites is 1. The Balaban J connectivity index is 1.94. The highest BCUT2D eigenvalue weighted by atomic mass is 15.2. The number of nitrogens with one attached hydrogen (secondary N) is 1. The Morgan fingerprint density at radius 3 is 2.61 bits per heavy atom. The molecular formula is C15H25N3. The molecule has 0 bridgehead atoms. The van der Waals surface area contributed by atoms with E-state index < -0.39 is 0 Å². The summed E-state index contributed by atoms with van der Waals surface area (Å²) in [6, 6.07) is 9.22. The van der Waals surface area contributed by atoms with Gasteiger partial charge in [0.05, 0.1) is 0 Å². The molecule has 0 saturated carbocycles. The van der Waals surface area contributed by atoms with Gasteiger partial charge in [-0.15, -0.1) is 0 Å². The predicted molar refractivity (Wildman–Crippen MR) is 78.4 cm³/mol. The van der Waals surface area contributed by atoms with E-state index in [1.165, 1.54) is 24.3 Å². The summed E-state index contributed by atoms with van der Waals surface area (Å²) in [5.41, 5.74) is 2.70. The van der Waals surface area contributed by atoms with E-state index in [9.17, 15) is 0 Å². The van der Waals surface area contributed by atoms with Crippen molar-refractivity contribution in [3.63, 3.8) is 0 Å². The molecule has 1 heterocycles. The normalized spacial score (nSPS) is 18.6. The van der Waals surface area contributed by atoms with Gasteiger partial charge in [0.15, 0.2) is 0 Å². The Kier molecular flexibility index (Phi) is 4.61. The molecule has 100 valence electrons. The van der Waals surface area contributed by atoms with Crippen molar-refractivity contribution >= 4 is 5.69 Å². The van der Waals surface area contributed by atoms with Crippen LogP contribution in [-0.4, -0.2) is 50.7 Å². The third-order valence-corrected chi connectivity index (χ3v) is 3.84. The van der Waals surface area contributed by atoms with Crippen LogP contribution < -0.4 is 10.2 Å². The number of hydrogen-bond donors (Lipinski definition) is 1. The quantitative estimate of drug-likeness (QED) is 0.874. The Bertz CT molecular complexity index is 372. The van der Waals surface area contributed by atoms with E-state index in [1.54, 1.807) is 0 Å². The smallest absolute Gasteiger partial charge is 0.0393 e. The molecule has 1 N–H and O–H groups in total. The average Bonchev–Trinajstić information content (AvgIpc) is 2.40. The summed E-state index contributed by atoms with van der Waals surface area (Å²) in [7, 11) is 2.20. The maximum atomic E-state index is 3.41. The lowest BCUT2D eigenvalue weighted by Gasteiger charge is -2.35. The molecule has 0 aromatic heterocycles. The second-order valence-corrected chi connectivity index (χ2v) is 5.30. The van der Waals surface area contributed by atoms with Gasteiger partial charge in [0.2, 0.25) is 0 Å². The summed E-state index contributed by atoms with van der Waals surface area (Å²) < 4.78 is 0. The number of benzene rings is 1. The zero-order valence-corrected chi connectivity index (χ0v) is 11.8. The molecule has 3 heteroatoms. The summed E-state index contributed by atoms with van der Waals surface area (Å²) in [6.07, 6.45) is 0. The van der Waals surface area contributed by atoms with Crippen molar-refractivity contribution in [3.8, 4) is 0 Å². The first kappa shape index (κ1) is 13.4. The second-order valence-electron chi connectivity index (χ2n) is 5.30. The zero-order chi connectivity index (χ0) is 13.0. The molecule has 0 spiro atoms. The number of rotatable bonds is 4. The fourth-order valence-electron chi connectivity index (χ4n) is 2.72. The van der Waals surface area contributed by atoms with Crippen LogP contribution >= 0.6 is 0 Å². The van der Waals surface area contributed by atoms with Crippen molar-refractivity contribution in [3.05, 3.63) is 29.8 Å². The first-order valence-corrected chi connectivity index (χ1v) is 6.90. The lowest BCUT2D eigenvalue weighted by atomic mass is 10.1. The number of anilines is 1. The van der Waals surface area contributed by atoms with Crippen molar-refractivity contribution < 1.29 is 0 Å². The van der Waals surface area contributed by atoms with E-state index in [0.29, 0.717) is 6.04 Å². The fraction of sp³-hybridized carbons (Fsp3) is 0.600. The number of likely N-dealkylation sites (N-methyl/N-ethyl adjacent to an activating group) is 1. The minimum Gasteiger partial charge on any atom is -0.373 e. The van der Waals surface area contributed by atoms with Crippen LogP contribution in [0.3, 0.4) is 0 Å². The number of nitrogens with zero attached hydrogens (tertiary/aromatic N) is 2. The van der Waals surface area contributed by atoms with Gasteiger partial charge in [0.1, 0.15) is 0 Å². The van der Waals surface area contributed by atoms with Gasteiger partial charge < -0.3 is 10.2 Å². The lowest BCUT2D eigenvalue weighted by molar-refractivity contribution is 0.187. The SMILES string of the molecule is Cc1ccccc1N(C)CC(C)N1CCNCC1. The van der Waals surface area contributed by atoms with Gasteiger partial charge in [-0.05, 0) is 25.5 Å². The molecule has 1 aliphatic heterocycles. The Labute approximate surface area is 111 Å². The summed E-state index contributed by atoms with van der Waals surface area (Å²) in [4.78, 5) is 4.95. The van der Waals surface area contributed by atoms with E-state index in [2.05, 4.69) is 60.3 Å². The zero-order valence-electron chi connectivity index (χ0n) is 11.8. The van der Waals surface area contributed by atoms with Crippen molar-refractivity contribution in [2.75, 3.05) is 44.7 Å². The fourth-order valence-corrected chi connectivity index (χ4v) is 2.72. The topological polar surface area (TPSA) is 18.5 Å². The van der Waals surface area contributed by atoms with Crippen LogP contribution in [0.2, 0.25) is 0 Å². The molecule has 1 fully saturated rings. The molecule has 0 radical (unpaired) electrons. The molecule has 1 aliphatic rings. The van der Waals surface area contributed by atoms with Crippen molar-refractivity contribution in [2.45, 2.75) is 19.9 Å². The predicted octanol–water partition coefficient (Wildman–Crippen LogP) is 1.72. The minimum atomic E-state index is 0.608. The van der Waals surface area contributed by atoms with Crippen molar-refractivity contribution in [1.29, 1.82) is 0 Å².